The maximum atomic E-state index is 13.5. The van der Waals surface area contributed by atoms with E-state index in [1.54, 1.807) is 25.2 Å². The summed E-state index contributed by atoms with van der Waals surface area (Å²) in [5.41, 5.74) is 3.69. The van der Waals surface area contributed by atoms with E-state index in [1.165, 1.54) is 4.90 Å². The Hall–Kier alpha value is -3.29. The molecule has 1 aromatic carbocycles. The highest BCUT2D eigenvalue weighted by Crippen LogP contribution is 2.40. The van der Waals surface area contributed by atoms with Crippen LogP contribution in [0.2, 0.25) is 0 Å². The van der Waals surface area contributed by atoms with Crippen LogP contribution in [0.3, 0.4) is 0 Å². The quantitative estimate of drug-likeness (QED) is 0.460. The molecule has 2 aromatic rings. The number of likely N-dealkylation sites (tertiary alicyclic amines) is 1. The molecule has 4 atom stereocenters. The Labute approximate surface area is 221 Å². The Morgan fingerprint density at radius 3 is 2.41 bits per heavy atom. The van der Waals surface area contributed by atoms with Gasteiger partial charge in [0, 0.05) is 25.8 Å². The minimum absolute atomic E-state index is 0.0151. The first-order valence-corrected chi connectivity index (χ1v) is 13.4. The molecule has 10 heteroatoms. The Kier molecular flexibility index (Phi) is 7.67. The second kappa shape index (κ2) is 10.6. The second-order valence-corrected chi connectivity index (χ2v) is 11.2. The summed E-state index contributed by atoms with van der Waals surface area (Å²) in [6, 6.07) is 5.87. The SMILES string of the molecule is [C-]#[N+]C1(C(=O)N[C@H](C(=O)N2C[C@H](O)C[C@H]2C(=O)N[C@@H](C)c2ccc(-c3scnc3C)cc2)C(C)C)CC1. The number of aromatic nitrogens is 1. The van der Waals surface area contributed by atoms with Gasteiger partial charge in [0.1, 0.15) is 12.1 Å². The minimum Gasteiger partial charge on any atom is -0.391 e. The van der Waals surface area contributed by atoms with Gasteiger partial charge in [-0.25, -0.2) is 11.6 Å². The molecule has 3 amide bonds. The topological polar surface area (TPSA) is 116 Å². The van der Waals surface area contributed by atoms with E-state index >= 15 is 0 Å². The predicted molar refractivity (Wildman–Crippen MR) is 140 cm³/mol. The van der Waals surface area contributed by atoms with Crippen LogP contribution in [-0.4, -0.2) is 63.0 Å². The molecule has 0 spiro atoms. The molecule has 2 heterocycles. The van der Waals surface area contributed by atoms with E-state index in [0.29, 0.717) is 12.8 Å². The van der Waals surface area contributed by atoms with Crippen molar-refractivity contribution in [2.45, 2.75) is 76.7 Å². The summed E-state index contributed by atoms with van der Waals surface area (Å²) in [7, 11) is 0. The summed E-state index contributed by atoms with van der Waals surface area (Å²) in [5.74, 6) is -1.47. The predicted octanol–water partition coefficient (Wildman–Crippen LogP) is 2.85. The summed E-state index contributed by atoms with van der Waals surface area (Å²) < 4.78 is 0. The normalized spacial score (nSPS) is 21.7. The van der Waals surface area contributed by atoms with Crippen LogP contribution in [0.5, 0.6) is 0 Å². The summed E-state index contributed by atoms with van der Waals surface area (Å²) >= 11 is 1.58. The molecule has 2 aliphatic rings. The zero-order chi connectivity index (χ0) is 26.9. The fraction of sp³-hybridized carbons (Fsp3) is 0.519. The molecular formula is C27H33N5O4S. The Morgan fingerprint density at radius 1 is 1.19 bits per heavy atom. The Balaban J connectivity index is 1.44. The monoisotopic (exact) mass is 523 g/mol. The van der Waals surface area contributed by atoms with Crippen molar-refractivity contribution >= 4 is 29.1 Å². The molecule has 0 bridgehead atoms. The standard InChI is InChI=1S/C27H33N5O4S/c1-15(2)22(31-26(36)27(28-5)10-11-27)25(35)32-13-20(33)12-21(32)24(34)30-16(3)18-6-8-19(9-7-18)23-17(4)29-14-37-23/h6-9,14-16,20-22,33H,10-13H2,1-4H3,(H,30,34)(H,31,36)/t16-,20+,21-,22-/m0/s1. The third kappa shape index (κ3) is 5.53. The summed E-state index contributed by atoms with van der Waals surface area (Å²) in [5, 5.41) is 16.1. The number of carbonyl (C=O) groups excluding carboxylic acids is 3. The molecule has 1 saturated carbocycles. The molecule has 37 heavy (non-hydrogen) atoms. The number of hydrogen-bond donors (Lipinski definition) is 3. The van der Waals surface area contributed by atoms with E-state index in [1.807, 2.05) is 43.6 Å². The lowest BCUT2D eigenvalue weighted by molar-refractivity contribution is -0.142. The lowest BCUT2D eigenvalue weighted by atomic mass is 10.0. The van der Waals surface area contributed by atoms with E-state index in [-0.39, 0.29) is 30.8 Å². The van der Waals surface area contributed by atoms with E-state index in [0.717, 1.165) is 21.7 Å². The lowest BCUT2D eigenvalue weighted by Gasteiger charge is -2.31. The van der Waals surface area contributed by atoms with Gasteiger partial charge in [0.25, 0.3) is 0 Å². The van der Waals surface area contributed by atoms with Crippen molar-refractivity contribution in [2.24, 2.45) is 5.92 Å². The average Bonchev–Trinajstić information content (AvgIpc) is 3.41. The fourth-order valence-electron chi connectivity index (χ4n) is 4.68. The van der Waals surface area contributed by atoms with Crippen molar-refractivity contribution in [1.82, 2.24) is 20.5 Å². The summed E-state index contributed by atoms with van der Waals surface area (Å²) in [6.45, 7) is 14.8. The molecule has 0 unspecified atom stereocenters. The zero-order valence-corrected chi connectivity index (χ0v) is 22.3. The molecule has 1 aliphatic heterocycles. The number of nitrogens with one attached hydrogen (secondary N) is 2. The first kappa shape index (κ1) is 26.8. The van der Waals surface area contributed by atoms with Crippen LogP contribution in [0.15, 0.2) is 29.8 Å². The number of amides is 3. The molecule has 1 aromatic heterocycles. The smallest absolute Gasteiger partial charge is 0.309 e. The van der Waals surface area contributed by atoms with Crippen molar-refractivity contribution in [1.29, 1.82) is 0 Å². The molecule has 1 saturated heterocycles. The maximum absolute atomic E-state index is 13.5. The first-order valence-electron chi connectivity index (χ1n) is 12.5. The molecule has 3 N–H and O–H groups in total. The molecule has 0 radical (unpaired) electrons. The highest BCUT2D eigenvalue weighted by atomic mass is 32.1. The van der Waals surface area contributed by atoms with Gasteiger partial charge in [-0.2, -0.15) is 0 Å². The molecule has 196 valence electrons. The lowest BCUT2D eigenvalue weighted by Crippen LogP contribution is -2.56. The van der Waals surface area contributed by atoms with Gasteiger partial charge >= 0.3 is 11.4 Å². The number of β-amino-alcohol motifs (C(OH)–C–C–N with tert-alkyl or cyclic N) is 1. The zero-order valence-electron chi connectivity index (χ0n) is 21.5. The molecule has 9 nitrogen and oxygen atoms in total. The van der Waals surface area contributed by atoms with Crippen molar-refractivity contribution in [3.05, 3.63) is 52.5 Å². The number of carbonyl (C=O) groups is 3. The van der Waals surface area contributed by atoms with Gasteiger partial charge in [-0.05, 0) is 30.9 Å². The van der Waals surface area contributed by atoms with Crippen molar-refractivity contribution < 1.29 is 19.5 Å². The fourth-order valence-corrected chi connectivity index (χ4v) is 5.49. The van der Waals surface area contributed by atoms with Crippen molar-refractivity contribution in [2.75, 3.05) is 6.54 Å². The van der Waals surface area contributed by atoms with E-state index in [2.05, 4.69) is 20.5 Å². The van der Waals surface area contributed by atoms with Crippen LogP contribution >= 0.6 is 11.3 Å². The van der Waals surface area contributed by atoms with Crippen molar-refractivity contribution in [3.8, 4) is 10.4 Å². The number of benzene rings is 1. The van der Waals surface area contributed by atoms with Gasteiger partial charge in [0.2, 0.25) is 11.8 Å². The average molecular weight is 524 g/mol. The van der Waals surface area contributed by atoms with Gasteiger partial charge in [-0.3, -0.25) is 19.2 Å². The summed E-state index contributed by atoms with van der Waals surface area (Å²) in [4.78, 5) is 49.6. The maximum Gasteiger partial charge on any atom is 0.309 e. The number of aryl methyl sites for hydroxylation is 1. The number of aliphatic hydroxyl groups is 1. The van der Waals surface area contributed by atoms with E-state index in [4.69, 9.17) is 6.57 Å². The third-order valence-electron chi connectivity index (χ3n) is 7.22. The van der Waals surface area contributed by atoms with E-state index < -0.39 is 35.5 Å². The van der Waals surface area contributed by atoms with Crippen LogP contribution in [0.1, 0.15) is 57.3 Å². The summed E-state index contributed by atoms with van der Waals surface area (Å²) in [6.07, 6.45) is 0.256. The van der Waals surface area contributed by atoms with Gasteiger partial charge in [0.05, 0.1) is 28.2 Å². The number of aliphatic hydroxyl groups excluding tert-OH is 1. The Morgan fingerprint density at radius 2 is 1.86 bits per heavy atom. The van der Waals surface area contributed by atoms with Crippen LogP contribution in [0.4, 0.5) is 0 Å². The van der Waals surface area contributed by atoms with E-state index in [9.17, 15) is 19.5 Å². The number of thiazole rings is 1. The van der Waals surface area contributed by atoms with Crippen LogP contribution < -0.4 is 10.6 Å². The first-order chi connectivity index (χ1) is 17.6. The van der Waals surface area contributed by atoms with Gasteiger partial charge in [-0.15, -0.1) is 11.3 Å². The van der Waals surface area contributed by atoms with Crippen LogP contribution in [0, 0.1) is 19.4 Å². The van der Waals surface area contributed by atoms with Crippen LogP contribution in [-0.2, 0) is 14.4 Å². The largest absolute Gasteiger partial charge is 0.391 e. The van der Waals surface area contributed by atoms with Gasteiger partial charge < -0.3 is 20.6 Å². The number of rotatable bonds is 8. The number of hydrogen-bond acceptors (Lipinski definition) is 6. The van der Waals surface area contributed by atoms with Crippen LogP contribution in [0.25, 0.3) is 15.3 Å². The molecule has 4 rings (SSSR count). The Bertz CT molecular complexity index is 1210. The molecule has 1 aliphatic carbocycles. The highest BCUT2D eigenvalue weighted by Gasteiger charge is 2.59. The number of nitrogens with zero attached hydrogens (tertiary/aromatic N) is 3. The van der Waals surface area contributed by atoms with Crippen molar-refractivity contribution in [3.63, 3.8) is 0 Å². The highest BCUT2D eigenvalue weighted by molar-refractivity contribution is 7.13. The second-order valence-electron chi connectivity index (χ2n) is 10.4. The van der Waals surface area contributed by atoms with Gasteiger partial charge in [-0.1, -0.05) is 38.1 Å². The molecular weight excluding hydrogens is 490 g/mol. The third-order valence-corrected chi connectivity index (χ3v) is 8.20. The molecule has 2 fully saturated rings. The minimum atomic E-state index is -1.07. The van der Waals surface area contributed by atoms with Gasteiger partial charge in [0.15, 0.2) is 0 Å².